The Bertz CT molecular complexity index is 730. The molecule has 8 heteroatoms. The number of benzene rings is 1. The van der Waals surface area contributed by atoms with E-state index >= 15 is 0 Å². The Kier molecular flexibility index (Phi) is 5.80. The van der Waals surface area contributed by atoms with E-state index in [1.807, 2.05) is 0 Å². The second-order valence-electron chi connectivity index (χ2n) is 6.00. The summed E-state index contributed by atoms with van der Waals surface area (Å²) in [4.78, 5) is 3.62. The molecule has 0 spiro atoms. The van der Waals surface area contributed by atoms with E-state index in [1.54, 1.807) is 38.1 Å². The number of halogens is 4. The van der Waals surface area contributed by atoms with Crippen molar-refractivity contribution in [3.8, 4) is 17.4 Å². The molecule has 1 aromatic carbocycles. The maximum Gasteiger partial charge on any atom is 0.417 e. The van der Waals surface area contributed by atoms with Gasteiger partial charge in [-0.3, -0.25) is 0 Å². The Morgan fingerprint density at radius 3 is 2.44 bits per heavy atom. The van der Waals surface area contributed by atoms with Crippen LogP contribution < -0.4 is 9.47 Å². The fraction of sp³-hybridized carbons (Fsp3) is 0.353. The summed E-state index contributed by atoms with van der Waals surface area (Å²) < 4.78 is 48.8. The molecule has 0 aliphatic heterocycles. The zero-order chi connectivity index (χ0) is 18.7. The van der Waals surface area contributed by atoms with Gasteiger partial charge in [-0.1, -0.05) is 17.7 Å². The van der Waals surface area contributed by atoms with Gasteiger partial charge in [0.05, 0.1) is 17.8 Å². The molecule has 2 rings (SSSR count). The van der Waals surface area contributed by atoms with Gasteiger partial charge in [-0.25, -0.2) is 4.98 Å². The fourth-order valence-electron chi connectivity index (χ4n) is 1.81. The van der Waals surface area contributed by atoms with E-state index in [2.05, 4.69) is 4.98 Å². The van der Waals surface area contributed by atoms with Gasteiger partial charge in [0, 0.05) is 18.7 Å². The molecule has 0 amide bonds. The van der Waals surface area contributed by atoms with Crippen LogP contribution in [0.1, 0.15) is 25.8 Å². The fourth-order valence-corrected chi connectivity index (χ4v) is 2.02. The second kappa shape index (κ2) is 7.49. The third-order valence-corrected chi connectivity index (χ3v) is 3.41. The van der Waals surface area contributed by atoms with Crippen molar-refractivity contribution < 1.29 is 27.8 Å². The Hall–Kier alpha value is -1.99. The van der Waals surface area contributed by atoms with Gasteiger partial charge in [-0.2, -0.15) is 13.2 Å². The van der Waals surface area contributed by atoms with E-state index in [9.17, 15) is 18.3 Å². The number of rotatable bonds is 6. The summed E-state index contributed by atoms with van der Waals surface area (Å²) in [6, 6.07) is 7.26. The maximum absolute atomic E-state index is 12.6. The zero-order valence-corrected chi connectivity index (χ0v) is 14.4. The summed E-state index contributed by atoms with van der Waals surface area (Å²) in [6.07, 6.45) is -3.43. The van der Waals surface area contributed by atoms with E-state index < -0.39 is 17.3 Å². The Morgan fingerprint density at radius 2 is 1.84 bits per heavy atom. The highest BCUT2D eigenvalue weighted by molar-refractivity contribution is 6.31. The summed E-state index contributed by atoms with van der Waals surface area (Å²) >= 11 is 5.81. The number of alkyl halides is 3. The van der Waals surface area contributed by atoms with E-state index in [0.717, 1.165) is 6.07 Å². The third-order valence-electron chi connectivity index (χ3n) is 3.14. The Morgan fingerprint density at radius 1 is 1.16 bits per heavy atom. The highest BCUT2D eigenvalue weighted by Gasteiger charge is 2.31. The Labute approximate surface area is 148 Å². The average Bonchev–Trinajstić information content (AvgIpc) is 2.47. The molecule has 0 bridgehead atoms. The standard InChI is InChI=1S/C17H17ClF3NO3/c1-16(2,23)6-7-24-12-4-3-5-13(9-12)25-15-14(18)8-11(10-22-15)17(19,20)21/h3-5,8-10,23H,6-7H2,1-2H3. The van der Waals surface area contributed by atoms with Gasteiger partial charge < -0.3 is 14.6 Å². The predicted molar refractivity (Wildman–Crippen MR) is 87.2 cm³/mol. The molecule has 2 aromatic rings. The average molecular weight is 376 g/mol. The van der Waals surface area contributed by atoms with Crippen LogP contribution in [0.15, 0.2) is 36.5 Å². The molecule has 1 heterocycles. The molecule has 0 aliphatic rings. The number of hydrogen-bond donors (Lipinski definition) is 1. The van der Waals surface area contributed by atoms with Gasteiger partial charge in [0.15, 0.2) is 0 Å². The molecule has 0 radical (unpaired) electrons. The van der Waals surface area contributed by atoms with E-state index in [4.69, 9.17) is 21.1 Å². The van der Waals surface area contributed by atoms with Crippen molar-refractivity contribution in [3.63, 3.8) is 0 Å². The first kappa shape index (κ1) is 19.3. The normalized spacial score (nSPS) is 12.1. The quantitative estimate of drug-likeness (QED) is 0.764. The van der Waals surface area contributed by atoms with E-state index in [1.165, 1.54) is 0 Å². The number of ether oxygens (including phenoxy) is 2. The van der Waals surface area contributed by atoms with Gasteiger partial charge >= 0.3 is 6.18 Å². The van der Waals surface area contributed by atoms with Crippen LogP contribution in [-0.4, -0.2) is 22.3 Å². The third kappa shape index (κ3) is 6.10. The van der Waals surface area contributed by atoms with Crippen LogP contribution >= 0.6 is 11.6 Å². The molecule has 0 saturated heterocycles. The SMILES string of the molecule is CC(C)(O)CCOc1cccc(Oc2ncc(C(F)(F)F)cc2Cl)c1. The van der Waals surface area contributed by atoms with Crippen molar-refractivity contribution in [2.75, 3.05) is 6.61 Å². The van der Waals surface area contributed by atoms with Crippen LogP contribution in [0.5, 0.6) is 17.4 Å². The van der Waals surface area contributed by atoms with Gasteiger partial charge in [0.2, 0.25) is 5.88 Å². The van der Waals surface area contributed by atoms with Crippen LogP contribution in [-0.2, 0) is 6.18 Å². The summed E-state index contributed by atoms with van der Waals surface area (Å²) in [6.45, 7) is 3.65. The summed E-state index contributed by atoms with van der Waals surface area (Å²) in [5.41, 5.74) is -1.79. The van der Waals surface area contributed by atoms with Crippen molar-refractivity contribution in [2.45, 2.75) is 32.0 Å². The molecular formula is C17H17ClF3NO3. The zero-order valence-electron chi connectivity index (χ0n) is 13.6. The number of aliphatic hydroxyl groups is 1. The van der Waals surface area contributed by atoms with Crippen molar-refractivity contribution in [1.82, 2.24) is 4.98 Å². The van der Waals surface area contributed by atoms with Crippen LogP contribution in [0.3, 0.4) is 0 Å². The van der Waals surface area contributed by atoms with Crippen molar-refractivity contribution in [3.05, 3.63) is 47.1 Å². The molecule has 0 atom stereocenters. The minimum absolute atomic E-state index is 0.136. The smallest absolute Gasteiger partial charge is 0.417 e. The lowest BCUT2D eigenvalue weighted by atomic mass is 10.1. The summed E-state index contributed by atoms with van der Waals surface area (Å²) in [5.74, 6) is 0.669. The minimum atomic E-state index is -4.52. The number of nitrogens with zero attached hydrogens (tertiary/aromatic N) is 1. The van der Waals surface area contributed by atoms with Gasteiger partial charge in [-0.15, -0.1) is 0 Å². The Balaban J connectivity index is 2.07. The first-order chi connectivity index (χ1) is 11.5. The lowest BCUT2D eigenvalue weighted by molar-refractivity contribution is -0.137. The van der Waals surface area contributed by atoms with Crippen LogP contribution in [0.2, 0.25) is 5.02 Å². The summed E-state index contributed by atoms with van der Waals surface area (Å²) in [7, 11) is 0. The first-order valence-electron chi connectivity index (χ1n) is 7.40. The molecule has 0 saturated carbocycles. The second-order valence-corrected chi connectivity index (χ2v) is 6.40. The molecule has 1 N–H and O–H groups in total. The molecule has 0 unspecified atom stereocenters. The lowest BCUT2D eigenvalue weighted by Crippen LogP contribution is -2.21. The van der Waals surface area contributed by atoms with Crippen LogP contribution in [0.4, 0.5) is 13.2 Å². The monoisotopic (exact) mass is 375 g/mol. The number of pyridine rings is 1. The topological polar surface area (TPSA) is 51.6 Å². The van der Waals surface area contributed by atoms with Gasteiger partial charge in [0.25, 0.3) is 0 Å². The van der Waals surface area contributed by atoms with Crippen molar-refractivity contribution in [2.24, 2.45) is 0 Å². The van der Waals surface area contributed by atoms with Gasteiger partial charge in [-0.05, 0) is 32.0 Å². The van der Waals surface area contributed by atoms with Crippen LogP contribution in [0, 0.1) is 0 Å². The van der Waals surface area contributed by atoms with E-state index in [0.29, 0.717) is 30.7 Å². The summed E-state index contributed by atoms with van der Waals surface area (Å²) in [5, 5.41) is 9.40. The molecule has 1 aromatic heterocycles. The molecule has 4 nitrogen and oxygen atoms in total. The molecule has 0 aliphatic carbocycles. The maximum atomic E-state index is 12.6. The van der Waals surface area contributed by atoms with Crippen molar-refractivity contribution in [1.29, 1.82) is 0 Å². The highest BCUT2D eigenvalue weighted by atomic mass is 35.5. The highest BCUT2D eigenvalue weighted by Crippen LogP contribution is 2.35. The largest absolute Gasteiger partial charge is 0.493 e. The lowest BCUT2D eigenvalue weighted by Gasteiger charge is -2.17. The molecule has 25 heavy (non-hydrogen) atoms. The number of hydrogen-bond acceptors (Lipinski definition) is 4. The molecule has 0 fully saturated rings. The van der Waals surface area contributed by atoms with Crippen LogP contribution in [0.25, 0.3) is 0 Å². The minimum Gasteiger partial charge on any atom is -0.493 e. The van der Waals surface area contributed by atoms with Gasteiger partial charge in [0.1, 0.15) is 16.5 Å². The van der Waals surface area contributed by atoms with Crippen molar-refractivity contribution >= 4 is 11.6 Å². The molecular weight excluding hydrogens is 359 g/mol. The number of aromatic nitrogens is 1. The first-order valence-corrected chi connectivity index (χ1v) is 7.78. The predicted octanol–water partition coefficient (Wildman–Crippen LogP) is 5.09. The van der Waals surface area contributed by atoms with E-state index in [-0.39, 0.29) is 10.9 Å². The molecule has 136 valence electrons.